The smallest absolute Gasteiger partial charge is 0.0693 e. The third-order valence-electron chi connectivity index (χ3n) is 3.55. The summed E-state index contributed by atoms with van der Waals surface area (Å²) in [7, 11) is -1.16. The Morgan fingerprint density at radius 1 is 0.810 bits per heavy atom. The summed E-state index contributed by atoms with van der Waals surface area (Å²) < 4.78 is 12.6. The van der Waals surface area contributed by atoms with Crippen LogP contribution in [0.2, 0.25) is 0 Å². The van der Waals surface area contributed by atoms with Gasteiger partial charge in [0.1, 0.15) is 0 Å². The van der Waals surface area contributed by atoms with Crippen LogP contribution in [0.5, 0.6) is 0 Å². The van der Waals surface area contributed by atoms with Crippen LogP contribution in [-0.4, -0.2) is 9.32 Å². The Kier molecular flexibility index (Phi) is 4.13. The van der Waals surface area contributed by atoms with Gasteiger partial charge in [-0.3, -0.25) is 4.21 Å². The fourth-order valence-corrected chi connectivity index (χ4v) is 3.84. The van der Waals surface area contributed by atoms with E-state index in [0.717, 1.165) is 21.9 Å². The molecule has 0 saturated heterocycles. The molecule has 3 aromatic carbocycles. The van der Waals surface area contributed by atoms with Crippen molar-refractivity contribution in [3.05, 3.63) is 77.9 Å². The summed E-state index contributed by atoms with van der Waals surface area (Å²) in [6.45, 7) is -0.0859. The lowest BCUT2D eigenvalue weighted by Gasteiger charge is -2.09. The highest BCUT2D eigenvalue weighted by molar-refractivity contribution is 7.84. The first-order valence-electron chi connectivity index (χ1n) is 6.83. The Balaban J connectivity index is 1.97. The van der Waals surface area contributed by atoms with Gasteiger partial charge in [0.2, 0.25) is 0 Å². The van der Waals surface area contributed by atoms with E-state index < -0.39 is 10.8 Å². The molecule has 0 radical (unpaired) electrons. The molecule has 106 valence electrons. The molecule has 0 aliphatic rings. The van der Waals surface area contributed by atoms with Gasteiger partial charge < -0.3 is 5.11 Å². The van der Waals surface area contributed by atoms with Crippen LogP contribution in [0.3, 0.4) is 0 Å². The molecule has 1 N–H and O–H groups in total. The maximum Gasteiger partial charge on any atom is 0.0693 e. The molecular formula is C18H16O2S. The van der Waals surface area contributed by atoms with Crippen LogP contribution in [0.1, 0.15) is 11.1 Å². The van der Waals surface area contributed by atoms with Crippen molar-refractivity contribution in [3.8, 4) is 0 Å². The van der Waals surface area contributed by atoms with Crippen LogP contribution in [0.4, 0.5) is 0 Å². The zero-order chi connectivity index (χ0) is 14.7. The summed E-state index contributed by atoms with van der Waals surface area (Å²) in [5.41, 5.74) is 1.80. The minimum Gasteiger partial charge on any atom is -0.392 e. The molecule has 21 heavy (non-hydrogen) atoms. The molecule has 3 rings (SSSR count). The van der Waals surface area contributed by atoms with Crippen LogP contribution >= 0.6 is 0 Å². The SMILES string of the molecule is O=S(Cc1cccc2ccccc12)c1ccccc1CO. The molecule has 1 unspecified atom stereocenters. The van der Waals surface area contributed by atoms with E-state index in [9.17, 15) is 9.32 Å². The average molecular weight is 296 g/mol. The molecule has 0 aliphatic carbocycles. The first kappa shape index (κ1) is 14.0. The Morgan fingerprint density at radius 2 is 1.48 bits per heavy atom. The fourth-order valence-electron chi connectivity index (χ4n) is 2.49. The van der Waals surface area contributed by atoms with Gasteiger partial charge in [0.05, 0.1) is 23.2 Å². The van der Waals surface area contributed by atoms with Crippen LogP contribution in [0.25, 0.3) is 10.8 Å². The normalized spacial score (nSPS) is 12.4. The summed E-state index contributed by atoms with van der Waals surface area (Å²) in [5.74, 6) is 0.457. The molecule has 0 bridgehead atoms. The van der Waals surface area contributed by atoms with Crippen LogP contribution in [0, 0.1) is 0 Å². The lowest BCUT2D eigenvalue weighted by Crippen LogP contribution is -2.01. The minimum absolute atomic E-state index is 0.0859. The largest absolute Gasteiger partial charge is 0.392 e. The number of hydrogen-bond acceptors (Lipinski definition) is 2. The van der Waals surface area contributed by atoms with Crippen molar-refractivity contribution in [1.29, 1.82) is 0 Å². The van der Waals surface area contributed by atoms with Crippen molar-refractivity contribution < 1.29 is 9.32 Å². The topological polar surface area (TPSA) is 37.3 Å². The lowest BCUT2D eigenvalue weighted by atomic mass is 10.1. The Labute approximate surface area is 126 Å². The Morgan fingerprint density at radius 3 is 2.33 bits per heavy atom. The highest BCUT2D eigenvalue weighted by Gasteiger charge is 2.11. The first-order chi connectivity index (χ1) is 10.3. The molecule has 0 amide bonds. The second-order valence-corrected chi connectivity index (χ2v) is 6.31. The number of fused-ring (bicyclic) bond motifs is 1. The highest BCUT2D eigenvalue weighted by atomic mass is 32.2. The zero-order valence-corrected chi connectivity index (χ0v) is 12.3. The number of hydrogen-bond donors (Lipinski definition) is 1. The Hall–Kier alpha value is -1.97. The summed E-state index contributed by atoms with van der Waals surface area (Å²) in [4.78, 5) is 0.716. The number of aliphatic hydroxyl groups excluding tert-OH is 1. The zero-order valence-electron chi connectivity index (χ0n) is 11.5. The second kappa shape index (κ2) is 6.20. The van der Waals surface area contributed by atoms with Crippen molar-refractivity contribution in [2.24, 2.45) is 0 Å². The predicted octanol–water partition coefficient (Wildman–Crippen LogP) is 3.64. The van der Waals surface area contributed by atoms with Gasteiger partial charge in [-0.2, -0.15) is 0 Å². The molecule has 0 saturated carbocycles. The van der Waals surface area contributed by atoms with Crippen molar-refractivity contribution in [2.75, 3.05) is 0 Å². The van der Waals surface area contributed by atoms with Crippen molar-refractivity contribution in [1.82, 2.24) is 0 Å². The second-order valence-electron chi connectivity index (χ2n) is 4.89. The van der Waals surface area contributed by atoms with Gasteiger partial charge in [0.15, 0.2) is 0 Å². The summed E-state index contributed by atoms with van der Waals surface area (Å²) in [5, 5.41) is 11.7. The van der Waals surface area contributed by atoms with Crippen molar-refractivity contribution in [2.45, 2.75) is 17.3 Å². The highest BCUT2D eigenvalue weighted by Crippen LogP contribution is 2.23. The molecular weight excluding hydrogens is 280 g/mol. The van der Waals surface area contributed by atoms with E-state index in [1.165, 1.54) is 0 Å². The third kappa shape index (κ3) is 2.89. The van der Waals surface area contributed by atoms with E-state index in [-0.39, 0.29) is 6.61 Å². The number of benzene rings is 3. The van der Waals surface area contributed by atoms with Gasteiger partial charge in [-0.05, 0) is 28.0 Å². The van der Waals surface area contributed by atoms with Crippen molar-refractivity contribution >= 4 is 21.6 Å². The van der Waals surface area contributed by atoms with E-state index in [0.29, 0.717) is 10.6 Å². The maximum absolute atomic E-state index is 12.6. The van der Waals surface area contributed by atoms with E-state index in [1.807, 2.05) is 48.5 Å². The van der Waals surface area contributed by atoms with Crippen molar-refractivity contribution in [3.63, 3.8) is 0 Å². The summed E-state index contributed by atoms with van der Waals surface area (Å²) in [6, 6.07) is 21.5. The van der Waals surface area contributed by atoms with E-state index >= 15 is 0 Å². The molecule has 0 aliphatic heterocycles. The molecule has 1 atom stereocenters. The van der Waals surface area contributed by atoms with Crippen LogP contribution in [-0.2, 0) is 23.2 Å². The number of rotatable bonds is 4. The standard InChI is InChI=1S/C18H16O2S/c19-12-15-7-2-4-11-18(15)21(20)13-16-9-5-8-14-6-1-3-10-17(14)16/h1-11,19H,12-13H2. The maximum atomic E-state index is 12.6. The third-order valence-corrected chi connectivity index (χ3v) is 5.02. The van der Waals surface area contributed by atoms with Gasteiger partial charge in [-0.15, -0.1) is 0 Å². The monoisotopic (exact) mass is 296 g/mol. The Bertz CT molecular complexity index is 791. The van der Waals surface area contributed by atoms with Crippen LogP contribution < -0.4 is 0 Å². The van der Waals surface area contributed by atoms with Gasteiger partial charge in [-0.25, -0.2) is 0 Å². The molecule has 0 heterocycles. The molecule has 2 nitrogen and oxygen atoms in total. The molecule has 0 fully saturated rings. The van der Waals surface area contributed by atoms with Crippen LogP contribution in [0.15, 0.2) is 71.6 Å². The van der Waals surface area contributed by atoms with E-state index in [4.69, 9.17) is 0 Å². The minimum atomic E-state index is -1.16. The quantitative estimate of drug-likeness (QED) is 0.798. The van der Waals surface area contributed by atoms with Gasteiger partial charge in [0.25, 0.3) is 0 Å². The van der Waals surface area contributed by atoms with Gasteiger partial charge >= 0.3 is 0 Å². The fraction of sp³-hybridized carbons (Fsp3) is 0.111. The molecule has 0 aromatic heterocycles. The molecule has 0 spiro atoms. The van der Waals surface area contributed by atoms with E-state index in [2.05, 4.69) is 18.2 Å². The number of aliphatic hydroxyl groups is 1. The molecule has 3 heteroatoms. The van der Waals surface area contributed by atoms with Gasteiger partial charge in [-0.1, -0.05) is 60.7 Å². The average Bonchev–Trinajstić information content (AvgIpc) is 2.55. The lowest BCUT2D eigenvalue weighted by molar-refractivity contribution is 0.278. The summed E-state index contributed by atoms with van der Waals surface area (Å²) >= 11 is 0. The van der Waals surface area contributed by atoms with E-state index in [1.54, 1.807) is 0 Å². The predicted molar refractivity (Wildman–Crippen MR) is 86.4 cm³/mol. The first-order valence-corrected chi connectivity index (χ1v) is 8.15. The summed E-state index contributed by atoms with van der Waals surface area (Å²) in [6.07, 6.45) is 0. The van der Waals surface area contributed by atoms with Gasteiger partial charge in [0, 0.05) is 4.90 Å². The molecule has 3 aromatic rings.